The molecule has 0 N–H and O–H groups in total. The van der Waals surface area contributed by atoms with Gasteiger partial charge in [0.05, 0.1) is 15.6 Å². The van der Waals surface area contributed by atoms with E-state index in [1.165, 1.54) is 25.7 Å². The molecule has 1 aliphatic carbocycles. The summed E-state index contributed by atoms with van der Waals surface area (Å²) in [6.07, 6.45) is 7.87. The molecule has 0 atom stereocenters. The molecule has 0 saturated heterocycles. The monoisotopic (exact) mass is 298 g/mol. The summed E-state index contributed by atoms with van der Waals surface area (Å²) < 4.78 is 0. The molecule has 1 nitrogen and oxygen atoms in total. The fourth-order valence-electron chi connectivity index (χ4n) is 2.76. The lowest BCUT2D eigenvalue weighted by atomic mass is 9.67. The first-order valence-corrected chi connectivity index (χ1v) is 7.75. The molecule has 1 aliphatic rings. The summed E-state index contributed by atoms with van der Waals surface area (Å²) in [5.74, 6) is 0.0642. The second kappa shape index (κ2) is 6.28. The number of carbonyl (C=O) groups excluding carboxylic acids is 1. The predicted molar refractivity (Wildman–Crippen MR) is 81.2 cm³/mol. The van der Waals surface area contributed by atoms with Crippen molar-refractivity contribution in [1.29, 1.82) is 0 Å². The molecule has 0 heterocycles. The first kappa shape index (κ1) is 14.9. The van der Waals surface area contributed by atoms with Crippen LogP contribution in [0, 0.1) is 5.41 Å². The van der Waals surface area contributed by atoms with Gasteiger partial charge in [-0.15, -0.1) is 0 Å². The van der Waals surface area contributed by atoms with Crippen molar-refractivity contribution in [3.63, 3.8) is 0 Å². The van der Waals surface area contributed by atoms with Crippen LogP contribution in [0.2, 0.25) is 10.0 Å². The number of hydrogen-bond donors (Lipinski definition) is 0. The molecule has 1 saturated carbocycles. The van der Waals surface area contributed by atoms with Crippen LogP contribution < -0.4 is 0 Å². The van der Waals surface area contributed by atoms with Crippen molar-refractivity contribution in [2.24, 2.45) is 5.41 Å². The van der Waals surface area contributed by atoms with E-state index < -0.39 is 0 Å². The highest BCUT2D eigenvalue weighted by atomic mass is 35.5. The lowest BCUT2D eigenvalue weighted by Gasteiger charge is -2.38. The fourth-order valence-corrected chi connectivity index (χ4v) is 3.37. The minimum absolute atomic E-state index is 0.0642. The maximum atomic E-state index is 12.1. The van der Waals surface area contributed by atoms with E-state index in [4.69, 9.17) is 23.2 Å². The number of Topliss-reactive ketones (excluding diaryl/α,β-unsaturated/α-hetero) is 1. The summed E-state index contributed by atoms with van der Waals surface area (Å²) in [5, 5.41) is 0.923. The number of benzene rings is 1. The van der Waals surface area contributed by atoms with E-state index in [0.29, 0.717) is 27.4 Å². The van der Waals surface area contributed by atoms with Gasteiger partial charge in [-0.05, 0) is 43.2 Å². The minimum Gasteiger partial charge on any atom is -0.294 e. The van der Waals surface area contributed by atoms with Gasteiger partial charge in [0.15, 0.2) is 5.78 Å². The van der Waals surface area contributed by atoms with Gasteiger partial charge in [0, 0.05) is 6.42 Å². The molecular formula is C16H20Cl2O. The number of rotatable bonds is 6. The average molecular weight is 299 g/mol. The number of unbranched alkanes of at least 4 members (excludes halogenated alkanes) is 1. The molecule has 0 spiro atoms. The normalized spacial score (nSPS) is 17.0. The second-order valence-electron chi connectivity index (χ2n) is 5.89. The average Bonchev–Trinajstić information content (AvgIpc) is 2.32. The predicted octanol–water partition coefficient (Wildman–Crippen LogP) is 5.93. The van der Waals surface area contributed by atoms with E-state index in [2.05, 4.69) is 6.92 Å². The van der Waals surface area contributed by atoms with Crippen LogP contribution >= 0.6 is 23.2 Å². The highest BCUT2D eigenvalue weighted by Crippen LogP contribution is 2.44. The Labute approximate surface area is 125 Å². The van der Waals surface area contributed by atoms with Gasteiger partial charge in [-0.1, -0.05) is 49.0 Å². The zero-order valence-electron chi connectivity index (χ0n) is 11.3. The van der Waals surface area contributed by atoms with Crippen molar-refractivity contribution in [1.82, 2.24) is 0 Å². The van der Waals surface area contributed by atoms with E-state index in [-0.39, 0.29) is 5.78 Å². The second-order valence-corrected chi connectivity index (χ2v) is 6.71. The molecule has 0 radical (unpaired) electrons. The van der Waals surface area contributed by atoms with E-state index in [9.17, 15) is 4.79 Å². The highest BCUT2D eigenvalue weighted by Gasteiger charge is 2.30. The van der Waals surface area contributed by atoms with Crippen molar-refractivity contribution in [2.75, 3.05) is 0 Å². The van der Waals surface area contributed by atoms with E-state index in [1.54, 1.807) is 18.2 Å². The van der Waals surface area contributed by atoms with E-state index >= 15 is 0 Å². The van der Waals surface area contributed by atoms with Gasteiger partial charge in [0.25, 0.3) is 0 Å². The SMILES string of the molecule is CC1(CCCCC(=O)c2c(Cl)cccc2Cl)CCC1. The molecule has 19 heavy (non-hydrogen) atoms. The Hall–Kier alpha value is -0.530. The van der Waals surface area contributed by atoms with Crippen LogP contribution in [0.4, 0.5) is 0 Å². The van der Waals surface area contributed by atoms with Crippen LogP contribution in [0.1, 0.15) is 62.2 Å². The number of ketones is 1. The fraction of sp³-hybridized carbons (Fsp3) is 0.562. The van der Waals surface area contributed by atoms with E-state index in [1.807, 2.05) is 0 Å². The topological polar surface area (TPSA) is 17.1 Å². The van der Waals surface area contributed by atoms with Crippen molar-refractivity contribution in [3.8, 4) is 0 Å². The Kier molecular flexibility index (Phi) is 4.92. The van der Waals surface area contributed by atoms with Gasteiger partial charge in [-0.3, -0.25) is 4.79 Å². The van der Waals surface area contributed by atoms with Crippen LogP contribution in [-0.2, 0) is 0 Å². The molecule has 2 rings (SSSR count). The minimum atomic E-state index is 0.0642. The van der Waals surface area contributed by atoms with Crippen molar-refractivity contribution < 1.29 is 4.79 Å². The number of carbonyl (C=O) groups is 1. The molecule has 0 aliphatic heterocycles. The Balaban J connectivity index is 1.81. The molecule has 0 aromatic heterocycles. The number of halogens is 2. The molecule has 1 aromatic rings. The highest BCUT2D eigenvalue weighted by molar-refractivity contribution is 6.39. The molecule has 104 valence electrons. The first-order valence-electron chi connectivity index (χ1n) is 6.99. The molecule has 0 bridgehead atoms. The molecule has 1 aromatic carbocycles. The summed E-state index contributed by atoms with van der Waals surface area (Å²) >= 11 is 12.1. The van der Waals surface area contributed by atoms with Crippen molar-refractivity contribution in [2.45, 2.75) is 51.9 Å². The number of hydrogen-bond acceptors (Lipinski definition) is 1. The summed E-state index contributed by atoms with van der Waals surface area (Å²) in [7, 11) is 0. The van der Waals surface area contributed by atoms with Gasteiger partial charge in [-0.25, -0.2) is 0 Å². The van der Waals surface area contributed by atoms with Crippen LogP contribution in [0.5, 0.6) is 0 Å². The standard InChI is InChI=1S/C16H20Cl2O/c1-16(10-5-11-16)9-3-2-8-14(19)15-12(17)6-4-7-13(15)18/h4,6-7H,2-3,5,8-11H2,1H3. The quantitative estimate of drug-likeness (QED) is 0.470. The van der Waals surface area contributed by atoms with Gasteiger partial charge in [0.1, 0.15) is 0 Å². The summed E-state index contributed by atoms with van der Waals surface area (Å²) in [4.78, 5) is 12.1. The maximum absolute atomic E-state index is 12.1. The molecule has 3 heteroatoms. The lowest BCUT2D eigenvalue weighted by molar-refractivity contribution is 0.0971. The third kappa shape index (κ3) is 3.73. The summed E-state index contributed by atoms with van der Waals surface area (Å²) in [5.41, 5.74) is 1.03. The third-order valence-corrected chi connectivity index (χ3v) is 4.87. The molecular weight excluding hydrogens is 279 g/mol. The van der Waals surface area contributed by atoms with Crippen LogP contribution in [0.3, 0.4) is 0 Å². The molecule has 1 fully saturated rings. The van der Waals surface area contributed by atoms with E-state index in [0.717, 1.165) is 12.8 Å². The van der Waals surface area contributed by atoms with Gasteiger partial charge >= 0.3 is 0 Å². The van der Waals surface area contributed by atoms with Crippen molar-refractivity contribution >= 4 is 29.0 Å². The first-order chi connectivity index (χ1) is 9.02. The van der Waals surface area contributed by atoms with Gasteiger partial charge < -0.3 is 0 Å². The van der Waals surface area contributed by atoms with Crippen LogP contribution in [0.15, 0.2) is 18.2 Å². The van der Waals surface area contributed by atoms with Crippen LogP contribution in [-0.4, -0.2) is 5.78 Å². The smallest absolute Gasteiger partial charge is 0.165 e. The Morgan fingerprint density at radius 3 is 2.37 bits per heavy atom. The lowest BCUT2D eigenvalue weighted by Crippen LogP contribution is -2.25. The van der Waals surface area contributed by atoms with Crippen molar-refractivity contribution in [3.05, 3.63) is 33.8 Å². The Morgan fingerprint density at radius 2 is 1.84 bits per heavy atom. The summed E-state index contributed by atoms with van der Waals surface area (Å²) in [6.45, 7) is 2.35. The van der Waals surface area contributed by atoms with Crippen LogP contribution in [0.25, 0.3) is 0 Å². The zero-order chi connectivity index (χ0) is 13.9. The Morgan fingerprint density at radius 1 is 1.21 bits per heavy atom. The zero-order valence-corrected chi connectivity index (χ0v) is 12.9. The Bertz CT molecular complexity index is 444. The maximum Gasteiger partial charge on any atom is 0.165 e. The van der Waals surface area contributed by atoms with Gasteiger partial charge in [-0.2, -0.15) is 0 Å². The summed E-state index contributed by atoms with van der Waals surface area (Å²) in [6, 6.07) is 5.20. The largest absolute Gasteiger partial charge is 0.294 e. The molecule has 0 unspecified atom stereocenters. The molecule has 0 amide bonds. The third-order valence-electron chi connectivity index (χ3n) is 4.24. The van der Waals surface area contributed by atoms with Gasteiger partial charge in [0.2, 0.25) is 0 Å².